The lowest BCUT2D eigenvalue weighted by atomic mass is 10.1. The van der Waals surface area contributed by atoms with Crippen molar-refractivity contribution < 1.29 is 23.8 Å². The third kappa shape index (κ3) is 4.67. The van der Waals surface area contributed by atoms with E-state index in [0.717, 1.165) is 0 Å². The van der Waals surface area contributed by atoms with Crippen molar-refractivity contribution in [1.82, 2.24) is 0 Å². The number of rotatable bonds is 7. The minimum absolute atomic E-state index is 0.0892. The smallest absolute Gasteiger partial charge is 0.265 e. The Morgan fingerprint density at radius 2 is 1.65 bits per heavy atom. The second-order valence-corrected chi connectivity index (χ2v) is 5.95. The van der Waals surface area contributed by atoms with Crippen molar-refractivity contribution in [2.75, 3.05) is 19.5 Å². The second kappa shape index (κ2) is 8.58. The van der Waals surface area contributed by atoms with Gasteiger partial charge in [-0.3, -0.25) is 9.59 Å². The van der Waals surface area contributed by atoms with Gasteiger partial charge in [-0.2, -0.15) is 0 Å². The Hall–Kier alpha value is -2.73. The summed E-state index contributed by atoms with van der Waals surface area (Å²) in [5.74, 6) is 0.742. The Morgan fingerprint density at radius 3 is 2.27 bits per heavy atom. The first kappa shape index (κ1) is 19.6. The molecule has 1 N–H and O–H groups in total. The molecule has 2 aromatic rings. The minimum Gasteiger partial charge on any atom is -0.495 e. The molecule has 0 radical (unpaired) electrons. The Labute approximate surface area is 157 Å². The lowest BCUT2D eigenvalue weighted by molar-refractivity contribution is -0.122. The summed E-state index contributed by atoms with van der Waals surface area (Å²) in [6, 6.07) is 9.70. The number of methoxy groups -OCH3 is 2. The molecule has 7 heteroatoms. The largest absolute Gasteiger partial charge is 0.495 e. The van der Waals surface area contributed by atoms with E-state index in [0.29, 0.717) is 33.5 Å². The highest BCUT2D eigenvalue weighted by atomic mass is 35.5. The Balaban J connectivity index is 2.15. The van der Waals surface area contributed by atoms with E-state index in [1.807, 2.05) is 0 Å². The quantitative estimate of drug-likeness (QED) is 0.739. The van der Waals surface area contributed by atoms with E-state index in [4.69, 9.17) is 25.8 Å². The van der Waals surface area contributed by atoms with Gasteiger partial charge in [0.15, 0.2) is 23.4 Å². The van der Waals surface area contributed by atoms with Crippen LogP contribution in [0.3, 0.4) is 0 Å². The van der Waals surface area contributed by atoms with Crippen LogP contribution in [-0.2, 0) is 4.79 Å². The number of benzene rings is 2. The van der Waals surface area contributed by atoms with E-state index in [9.17, 15) is 9.59 Å². The summed E-state index contributed by atoms with van der Waals surface area (Å²) in [5.41, 5.74) is 0.939. The molecule has 2 aromatic carbocycles. The number of hydrogen-bond donors (Lipinski definition) is 1. The summed E-state index contributed by atoms with van der Waals surface area (Å²) in [7, 11) is 2.97. The van der Waals surface area contributed by atoms with Gasteiger partial charge in [0.2, 0.25) is 0 Å². The van der Waals surface area contributed by atoms with Gasteiger partial charge in [0, 0.05) is 10.6 Å². The summed E-state index contributed by atoms with van der Waals surface area (Å²) >= 11 is 5.96. The highest BCUT2D eigenvalue weighted by molar-refractivity contribution is 6.31. The fraction of sp³-hybridized carbons (Fsp3) is 0.263. The molecule has 0 aromatic heterocycles. The van der Waals surface area contributed by atoms with Gasteiger partial charge in [-0.15, -0.1) is 0 Å². The molecule has 6 nitrogen and oxygen atoms in total. The van der Waals surface area contributed by atoms with E-state index >= 15 is 0 Å². The van der Waals surface area contributed by atoms with Crippen LogP contribution in [0.2, 0.25) is 5.02 Å². The maximum Gasteiger partial charge on any atom is 0.265 e. The number of nitrogens with one attached hydrogen (secondary N) is 1. The molecule has 0 aliphatic carbocycles. The summed E-state index contributed by atoms with van der Waals surface area (Å²) in [4.78, 5) is 23.9. The molecular formula is C19H20ClNO5. The van der Waals surface area contributed by atoms with Gasteiger partial charge < -0.3 is 19.5 Å². The van der Waals surface area contributed by atoms with Crippen molar-refractivity contribution in [2.45, 2.75) is 20.0 Å². The van der Waals surface area contributed by atoms with Crippen LogP contribution >= 0.6 is 11.6 Å². The Morgan fingerprint density at radius 1 is 1.00 bits per heavy atom. The number of anilines is 1. The zero-order valence-corrected chi connectivity index (χ0v) is 15.7. The number of hydrogen-bond acceptors (Lipinski definition) is 5. The maximum atomic E-state index is 12.4. The SMILES string of the molecule is COc1ccc(Cl)cc1NC(=O)[C@@H](C)Oc1ccc(C(C)=O)cc1OC. The monoisotopic (exact) mass is 377 g/mol. The first-order valence-electron chi connectivity index (χ1n) is 7.85. The first-order valence-corrected chi connectivity index (χ1v) is 8.23. The van der Waals surface area contributed by atoms with Crippen molar-refractivity contribution in [3.63, 3.8) is 0 Å². The predicted molar refractivity (Wildman–Crippen MR) is 99.7 cm³/mol. The van der Waals surface area contributed by atoms with Crippen LogP contribution in [0.1, 0.15) is 24.2 Å². The Kier molecular flexibility index (Phi) is 6.46. The van der Waals surface area contributed by atoms with Crippen LogP contribution in [0.15, 0.2) is 36.4 Å². The average molecular weight is 378 g/mol. The summed E-state index contributed by atoms with van der Waals surface area (Å²) in [5, 5.41) is 3.19. The normalized spacial score (nSPS) is 11.4. The van der Waals surface area contributed by atoms with Gasteiger partial charge >= 0.3 is 0 Å². The molecule has 138 valence electrons. The molecule has 0 saturated carbocycles. The van der Waals surface area contributed by atoms with Crippen molar-refractivity contribution >= 4 is 29.0 Å². The fourth-order valence-electron chi connectivity index (χ4n) is 2.24. The van der Waals surface area contributed by atoms with Crippen molar-refractivity contribution in [1.29, 1.82) is 0 Å². The second-order valence-electron chi connectivity index (χ2n) is 5.52. The zero-order valence-electron chi connectivity index (χ0n) is 15.0. The van der Waals surface area contributed by atoms with E-state index in [1.165, 1.54) is 21.1 Å². The van der Waals surface area contributed by atoms with Crippen LogP contribution in [-0.4, -0.2) is 32.0 Å². The lowest BCUT2D eigenvalue weighted by Crippen LogP contribution is -2.30. The third-order valence-corrected chi connectivity index (χ3v) is 3.90. The summed E-state index contributed by atoms with van der Waals surface area (Å²) in [6.07, 6.45) is -0.823. The van der Waals surface area contributed by atoms with Gasteiger partial charge in [-0.05, 0) is 50.2 Å². The third-order valence-electron chi connectivity index (χ3n) is 3.66. The van der Waals surface area contributed by atoms with Gasteiger partial charge in [-0.1, -0.05) is 11.6 Å². The zero-order chi connectivity index (χ0) is 19.3. The summed E-state index contributed by atoms with van der Waals surface area (Å²) in [6.45, 7) is 3.06. The molecule has 0 unspecified atom stereocenters. The standard InChI is InChI=1S/C19H20ClNO5/c1-11(22)13-5-7-17(18(9-13)25-4)26-12(2)19(23)21-15-10-14(20)6-8-16(15)24-3/h5-10,12H,1-4H3,(H,21,23)/t12-/m1/s1. The minimum atomic E-state index is -0.823. The summed E-state index contributed by atoms with van der Waals surface area (Å²) < 4.78 is 16.1. The van der Waals surface area contributed by atoms with E-state index in [1.54, 1.807) is 43.3 Å². The number of carbonyl (C=O) groups is 2. The number of ketones is 1. The first-order chi connectivity index (χ1) is 12.3. The van der Waals surface area contributed by atoms with Crippen LogP contribution in [0.25, 0.3) is 0 Å². The molecule has 0 aliphatic rings. The Bertz CT molecular complexity index is 822. The number of halogens is 1. The van der Waals surface area contributed by atoms with Crippen molar-refractivity contribution in [3.8, 4) is 17.2 Å². The van der Waals surface area contributed by atoms with Crippen LogP contribution < -0.4 is 19.5 Å². The van der Waals surface area contributed by atoms with Crippen molar-refractivity contribution in [3.05, 3.63) is 47.0 Å². The van der Waals surface area contributed by atoms with E-state index in [2.05, 4.69) is 5.32 Å². The number of carbonyl (C=O) groups excluding carboxylic acids is 2. The van der Waals surface area contributed by atoms with Gasteiger partial charge in [0.1, 0.15) is 5.75 Å². The van der Waals surface area contributed by atoms with Gasteiger partial charge in [0.05, 0.1) is 19.9 Å². The maximum absolute atomic E-state index is 12.4. The van der Waals surface area contributed by atoms with Gasteiger partial charge in [-0.25, -0.2) is 0 Å². The highest BCUT2D eigenvalue weighted by Crippen LogP contribution is 2.30. The van der Waals surface area contributed by atoms with Crippen LogP contribution in [0.4, 0.5) is 5.69 Å². The number of amides is 1. The molecule has 0 spiro atoms. The van der Waals surface area contributed by atoms with Gasteiger partial charge in [0.25, 0.3) is 5.91 Å². The molecule has 2 rings (SSSR count). The molecule has 0 aliphatic heterocycles. The average Bonchev–Trinajstić information content (AvgIpc) is 2.61. The highest BCUT2D eigenvalue weighted by Gasteiger charge is 2.19. The molecule has 26 heavy (non-hydrogen) atoms. The molecule has 0 bridgehead atoms. The molecule has 0 fully saturated rings. The molecular weight excluding hydrogens is 358 g/mol. The number of Topliss-reactive ketones (excluding diaryl/α,β-unsaturated/α-hetero) is 1. The number of ether oxygens (including phenoxy) is 3. The van der Waals surface area contributed by atoms with E-state index in [-0.39, 0.29) is 11.7 Å². The van der Waals surface area contributed by atoms with Crippen molar-refractivity contribution in [2.24, 2.45) is 0 Å². The van der Waals surface area contributed by atoms with E-state index < -0.39 is 6.10 Å². The lowest BCUT2D eigenvalue weighted by Gasteiger charge is -2.18. The van der Waals surface area contributed by atoms with Crippen LogP contribution in [0.5, 0.6) is 17.2 Å². The predicted octanol–water partition coefficient (Wildman–Crippen LogP) is 3.97. The molecule has 0 saturated heterocycles. The van der Waals surface area contributed by atoms with Crippen LogP contribution in [0, 0.1) is 0 Å². The topological polar surface area (TPSA) is 73.9 Å². The molecule has 0 heterocycles. The molecule has 1 atom stereocenters. The molecule has 1 amide bonds. The fourth-order valence-corrected chi connectivity index (χ4v) is 2.41.